The second-order valence-corrected chi connectivity index (χ2v) is 10.9. The summed E-state index contributed by atoms with van der Waals surface area (Å²) in [5.41, 5.74) is 1.81. The van der Waals surface area contributed by atoms with E-state index >= 15 is 0 Å². The molecule has 38 heavy (non-hydrogen) atoms. The Morgan fingerprint density at radius 2 is 2.16 bits per heavy atom. The lowest BCUT2D eigenvalue weighted by Crippen LogP contribution is -2.44. The van der Waals surface area contributed by atoms with Crippen molar-refractivity contribution in [1.29, 1.82) is 5.26 Å². The third kappa shape index (κ3) is 5.14. The van der Waals surface area contributed by atoms with Crippen LogP contribution in [-0.4, -0.2) is 44.4 Å². The topological polar surface area (TPSA) is 117 Å². The number of pyridine rings is 1. The summed E-state index contributed by atoms with van der Waals surface area (Å²) in [6.45, 7) is 8.42. The molecule has 0 radical (unpaired) electrons. The first-order valence-corrected chi connectivity index (χ1v) is 13.3. The zero-order valence-corrected chi connectivity index (χ0v) is 22.2. The number of allylic oxidation sites excluding steroid dienone is 5. The second-order valence-electron chi connectivity index (χ2n) is 10.5. The van der Waals surface area contributed by atoms with Gasteiger partial charge in [-0.1, -0.05) is 42.5 Å². The highest BCUT2D eigenvalue weighted by Gasteiger charge is 2.59. The number of piperidine rings is 1. The van der Waals surface area contributed by atoms with E-state index in [4.69, 9.17) is 11.6 Å². The average molecular weight is 532 g/mol. The molecule has 5 rings (SSSR count). The van der Waals surface area contributed by atoms with Gasteiger partial charge in [0.05, 0.1) is 18.3 Å². The molecule has 1 N–H and O–H groups in total. The molecule has 2 saturated carbocycles. The summed E-state index contributed by atoms with van der Waals surface area (Å²) in [4.78, 5) is 31.5. The van der Waals surface area contributed by atoms with Crippen LogP contribution in [-0.2, 0) is 4.79 Å². The zero-order valence-electron chi connectivity index (χ0n) is 21.4. The van der Waals surface area contributed by atoms with Gasteiger partial charge in [0.15, 0.2) is 5.69 Å². The van der Waals surface area contributed by atoms with Gasteiger partial charge in [-0.05, 0) is 67.7 Å². The maximum absolute atomic E-state index is 12.7. The van der Waals surface area contributed by atoms with E-state index in [-0.39, 0.29) is 35.5 Å². The normalized spacial score (nSPS) is 27.3. The maximum atomic E-state index is 12.7. The molecule has 196 valence electrons. The van der Waals surface area contributed by atoms with Crippen LogP contribution < -0.4 is 10.2 Å². The summed E-state index contributed by atoms with van der Waals surface area (Å²) in [5, 5.41) is 21.0. The number of carbonyl (C=O) groups is 2. The van der Waals surface area contributed by atoms with Gasteiger partial charge in [-0.15, -0.1) is 5.10 Å². The molecule has 4 atom stereocenters. The lowest BCUT2D eigenvalue weighted by Gasteiger charge is -2.35. The van der Waals surface area contributed by atoms with Crippen LogP contribution in [0, 0.1) is 35.0 Å². The third-order valence-corrected chi connectivity index (χ3v) is 8.32. The number of hydrogen-bond acceptors (Lipinski definition) is 6. The first-order chi connectivity index (χ1) is 18.3. The third-order valence-electron chi connectivity index (χ3n) is 8.04. The molecule has 0 spiro atoms. The Balaban J connectivity index is 1.12. The van der Waals surface area contributed by atoms with Gasteiger partial charge in [0.25, 0.3) is 5.91 Å². The highest BCUT2D eigenvalue weighted by Crippen LogP contribution is 2.52. The number of amides is 2. The van der Waals surface area contributed by atoms with Crippen LogP contribution in [0.4, 0.5) is 5.82 Å². The standard InChI is InChI=1S/C28H30ClN7O2/c1-4-21(29)7-5-18(12-30)9-19-10-22(11-19)32-27(37)24-15-36(34-33-24)17(3)20-6-8-25(31-13-20)35-14-23-16(2)26(23)28(35)38/h4-8,13,15-17,19,22-23,26H,1,9-11,14H2,2-3H3,(H,32,37)/b18-5+,21-7+/t16?,17?,19-,22+,23?,26?. The molecule has 4 unspecified atom stereocenters. The molecule has 9 nitrogen and oxygen atoms in total. The summed E-state index contributed by atoms with van der Waals surface area (Å²) in [6, 6.07) is 5.88. The lowest BCUT2D eigenvalue weighted by atomic mass is 9.76. The summed E-state index contributed by atoms with van der Waals surface area (Å²) in [6.07, 6.45) is 10.5. The molecule has 2 amide bonds. The highest BCUT2D eigenvalue weighted by atomic mass is 35.5. The van der Waals surface area contributed by atoms with Crippen LogP contribution in [0.25, 0.3) is 0 Å². The van der Waals surface area contributed by atoms with Gasteiger partial charge in [0.1, 0.15) is 5.82 Å². The van der Waals surface area contributed by atoms with E-state index in [1.54, 1.807) is 34.1 Å². The number of hydrogen-bond donors (Lipinski definition) is 1. The minimum atomic E-state index is -0.266. The van der Waals surface area contributed by atoms with Gasteiger partial charge in [0.2, 0.25) is 5.91 Å². The Kier molecular flexibility index (Phi) is 7.17. The molecule has 1 aliphatic heterocycles. The van der Waals surface area contributed by atoms with Crippen molar-refractivity contribution >= 4 is 29.2 Å². The molecule has 2 aromatic heterocycles. The monoisotopic (exact) mass is 531 g/mol. The molecule has 2 aliphatic carbocycles. The fraction of sp³-hybridized carbons (Fsp3) is 0.429. The Morgan fingerprint density at radius 1 is 1.37 bits per heavy atom. The Labute approximate surface area is 226 Å². The van der Waals surface area contributed by atoms with Crippen molar-refractivity contribution in [2.75, 3.05) is 11.4 Å². The molecule has 3 fully saturated rings. The van der Waals surface area contributed by atoms with Crippen LogP contribution in [0.3, 0.4) is 0 Å². The summed E-state index contributed by atoms with van der Waals surface area (Å²) in [7, 11) is 0. The van der Waals surface area contributed by atoms with Gasteiger partial charge in [-0.2, -0.15) is 5.26 Å². The predicted octanol–water partition coefficient (Wildman–Crippen LogP) is 4.17. The number of carbonyl (C=O) groups excluding carboxylic acids is 2. The molecule has 3 heterocycles. The number of anilines is 1. The van der Waals surface area contributed by atoms with E-state index in [0.29, 0.717) is 40.6 Å². The minimum absolute atomic E-state index is 0.0430. The molecular weight excluding hydrogens is 502 g/mol. The quantitative estimate of drug-likeness (QED) is 0.383. The van der Waals surface area contributed by atoms with Gasteiger partial charge in [-0.3, -0.25) is 14.5 Å². The SMILES string of the molecule is C=C/C(Cl)=C\C=C(\C#N)C[C@H]1C[C@@H](NC(=O)c2cn(C(C)c3ccc(N4CC5C(C)C5C4=O)nc3)nn2)C1. The van der Waals surface area contributed by atoms with Crippen LogP contribution in [0.2, 0.25) is 0 Å². The van der Waals surface area contributed by atoms with E-state index < -0.39 is 0 Å². The zero-order chi connectivity index (χ0) is 27.0. The summed E-state index contributed by atoms with van der Waals surface area (Å²) >= 11 is 5.90. The second kappa shape index (κ2) is 10.5. The van der Waals surface area contributed by atoms with Crippen molar-refractivity contribution in [1.82, 2.24) is 25.3 Å². The molecular formula is C28H30ClN7O2. The fourth-order valence-corrected chi connectivity index (χ4v) is 5.50. The molecule has 3 aliphatic rings. The number of rotatable bonds is 9. The van der Waals surface area contributed by atoms with E-state index in [1.807, 2.05) is 19.1 Å². The molecule has 2 aromatic rings. The van der Waals surface area contributed by atoms with Crippen LogP contribution in [0.15, 0.2) is 59.9 Å². The summed E-state index contributed by atoms with van der Waals surface area (Å²) in [5.74, 6) is 2.04. The number of nitrogens with zero attached hydrogens (tertiary/aromatic N) is 6. The van der Waals surface area contributed by atoms with Crippen molar-refractivity contribution < 1.29 is 9.59 Å². The highest BCUT2D eigenvalue weighted by molar-refractivity contribution is 6.31. The van der Waals surface area contributed by atoms with Crippen molar-refractivity contribution in [2.45, 2.75) is 45.2 Å². The molecule has 0 aromatic carbocycles. The minimum Gasteiger partial charge on any atom is -0.348 e. The van der Waals surface area contributed by atoms with Gasteiger partial charge in [-0.25, -0.2) is 9.67 Å². The average Bonchev–Trinajstić information content (AvgIpc) is 3.23. The van der Waals surface area contributed by atoms with E-state index in [9.17, 15) is 14.9 Å². The Hall–Kier alpha value is -3.77. The van der Waals surface area contributed by atoms with Crippen molar-refractivity contribution in [3.63, 3.8) is 0 Å². The van der Waals surface area contributed by atoms with Crippen molar-refractivity contribution in [2.24, 2.45) is 23.7 Å². The lowest BCUT2D eigenvalue weighted by molar-refractivity contribution is -0.119. The van der Waals surface area contributed by atoms with Crippen LogP contribution in [0.5, 0.6) is 0 Å². The number of halogens is 1. The molecule has 1 saturated heterocycles. The summed E-state index contributed by atoms with van der Waals surface area (Å²) < 4.78 is 1.64. The smallest absolute Gasteiger partial charge is 0.273 e. The number of fused-ring (bicyclic) bond motifs is 1. The Bertz CT molecular complexity index is 1350. The molecule has 10 heteroatoms. The largest absolute Gasteiger partial charge is 0.348 e. The van der Waals surface area contributed by atoms with E-state index in [0.717, 1.165) is 24.9 Å². The number of aromatic nitrogens is 4. The van der Waals surface area contributed by atoms with Crippen molar-refractivity contribution in [3.05, 3.63) is 71.2 Å². The van der Waals surface area contributed by atoms with Crippen LogP contribution >= 0.6 is 11.6 Å². The first-order valence-electron chi connectivity index (χ1n) is 12.9. The Morgan fingerprint density at radius 3 is 2.79 bits per heavy atom. The molecule has 0 bridgehead atoms. The van der Waals surface area contributed by atoms with Crippen molar-refractivity contribution in [3.8, 4) is 6.07 Å². The number of nitriles is 1. The predicted molar refractivity (Wildman–Crippen MR) is 143 cm³/mol. The van der Waals surface area contributed by atoms with Gasteiger partial charge < -0.3 is 5.32 Å². The first kappa shape index (κ1) is 25.9. The van der Waals surface area contributed by atoms with Gasteiger partial charge in [0, 0.05) is 35.3 Å². The van der Waals surface area contributed by atoms with Gasteiger partial charge >= 0.3 is 0 Å². The van der Waals surface area contributed by atoms with Crippen LogP contribution in [0.1, 0.15) is 55.2 Å². The van der Waals surface area contributed by atoms with E-state index in [1.165, 1.54) is 6.08 Å². The fourth-order valence-electron chi connectivity index (χ4n) is 5.44. The van der Waals surface area contributed by atoms with E-state index in [2.05, 4.69) is 40.2 Å². The maximum Gasteiger partial charge on any atom is 0.273 e. The number of nitrogens with one attached hydrogen (secondary N) is 1.